The van der Waals surface area contributed by atoms with Gasteiger partial charge in [0.1, 0.15) is 0 Å². The summed E-state index contributed by atoms with van der Waals surface area (Å²) in [6.45, 7) is 19.0. The molecule has 1 rings (SSSR count). The Morgan fingerprint density at radius 3 is 1.97 bits per heavy atom. The van der Waals surface area contributed by atoms with Gasteiger partial charge in [-0.1, -0.05) is 59.7 Å². The highest BCUT2D eigenvalue weighted by atomic mass is 16.3. The highest BCUT2D eigenvalue weighted by Crippen LogP contribution is 2.26. The van der Waals surface area contributed by atoms with E-state index in [-0.39, 0.29) is 35.3 Å². The number of amides is 2. The quantitative estimate of drug-likeness (QED) is 0.639. The van der Waals surface area contributed by atoms with Gasteiger partial charge < -0.3 is 15.3 Å². The summed E-state index contributed by atoms with van der Waals surface area (Å²) in [7, 11) is 1.79. The maximum Gasteiger partial charge on any atom is 0.253 e. The van der Waals surface area contributed by atoms with Gasteiger partial charge in [-0.25, -0.2) is 0 Å². The molecule has 30 heavy (non-hydrogen) atoms. The van der Waals surface area contributed by atoms with Crippen LogP contribution in [0.25, 0.3) is 0 Å². The lowest BCUT2D eigenvalue weighted by molar-refractivity contribution is -0.120. The fourth-order valence-electron chi connectivity index (χ4n) is 3.25. The van der Waals surface area contributed by atoms with Crippen molar-refractivity contribution in [3.63, 3.8) is 0 Å². The summed E-state index contributed by atoms with van der Waals surface area (Å²) in [4.78, 5) is 24.4. The number of nitrogens with one attached hydrogen (secondary N) is 1. The zero-order valence-corrected chi connectivity index (χ0v) is 21.0. The third-order valence-corrected chi connectivity index (χ3v) is 4.12. The highest BCUT2D eigenvalue weighted by molar-refractivity contribution is 5.93. The fourth-order valence-corrected chi connectivity index (χ4v) is 3.25. The van der Waals surface area contributed by atoms with Gasteiger partial charge in [-0.2, -0.15) is 0 Å². The zero-order valence-electron chi connectivity index (χ0n) is 21.0. The summed E-state index contributed by atoms with van der Waals surface area (Å²) in [5, 5.41) is 11.8. The Morgan fingerprint density at radius 1 is 1.07 bits per heavy atom. The first-order valence-corrected chi connectivity index (χ1v) is 11.0. The lowest BCUT2D eigenvalue weighted by atomic mass is 9.82. The number of benzene rings is 1. The standard InChI is InChI=1S/C13H19NO2.C10H21NO.C2H6/c1-11(10-15)8-9-14(2)13(16)12-6-4-3-5-7-12;1-8(12)11-10(5,6)7-9(2,3)4;1-2/h3-7,11,15H,8-10H2,1-2H3;7H2,1-6H3,(H,11,12);1-2H3. The molecule has 0 saturated heterocycles. The third-order valence-electron chi connectivity index (χ3n) is 4.12. The Bertz CT molecular complexity index is 592. The van der Waals surface area contributed by atoms with Crippen LogP contribution in [0, 0.1) is 11.3 Å². The molecule has 0 aliphatic rings. The summed E-state index contributed by atoms with van der Waals surface area (Å²) in [6, 6.07) is 9.24. The predicted molar refractivity (Wildman–Crippen MR) is 128 cm³/mol. The highest BCUT2D eigenvalue weighted by Gasteiger charge is 2.25. The molecule has 5 nitrogen and oxygen atoms in total. The van der Waals surface area contributed by atoms with Crippen LogP contribution in [0.4, 0.5) is 0 Å². The van der Waals surface area contributed by atoms with Crippen molar-refractivity contribution in [2.75, 3.05) is 20.2 Å². The van der Waals surface area contributed by atoms with E-state index >= 15 is 0 Å². The summed E-state index contributed by atoms with van der Waals surface area (Å²) >= 11 is 0. The Balaban J connectivity index is 0. The van der Waals surface area contributed by atoms with E-state index in [1.165, 1.54) is 0 Å². The second-order valence-electron chi connectivity index (χ2n) is 9.47. The summed E-state index contributed by atoms with van der Waals surface area (Å²) in [6.07, 6.45) is 1.81. The smallest absolute Gasteiger partial charge is 0.253 e. The van der Waals surface area contributed by atoms with Crippen molar-refractivity contribution in [3.8, 4) is 0 Å². The predicted octanol–water partition coefficient (Wildman–Crippen LogP) is 5.14. The van der Waals surface area contributed by atoms with E-state index in [1.54, 1.807) is 18.9 Å². The zero-order chi connectivity index (χ0) is 24.0. The average Bonchev–Trinajstić information content (AvgIpc) is 2.65. The monoisotopic (exact) mass is 422 g/mol. The van der Waals surface area contributed by atoms with Crippen LogP contribution in [0.5, 0.6) is 0 Å². The molecule has 0 aromatic heterocycles. The van der Waals surface area contributed by atoms with E-state index in [0.717, 1.165) is 12.8 Å². The van der Waals surface area contributed by atoms with Crippen LogP contribution in [0.2, 0.25) is 0 Å². The van der Waals surface area contributed by atoms with Crippen LogP contribution >= 0.6 is 0 Å². The normalized spacial score (nSPS) is 11.8. The molecule has 0 bridgehead atoms. The van der Waals surface area contributed by atoms with Crippen LogP contribution in [0.1, 0.15) is 85.5 Å². The summed E-state index contributed by atoms with van der Waals surface area (Å²) < 4.78 is 0. The molecule has 0 aliphatic carbocycles. The van der Waals surface area contributed by atoms with Gasteiger partial charge in [0.25, 0.3) is 5.91 Å². The number of rotatable bonds is 7. The van der Waals surface area contributed by atoms with Gasteiger partial charge >= 0.3 is 0 Å². The number of nitrogens with zero attached hydrogens (tertiary/aromatic N) is 1. The van der Waals surface area contributed by atoms with E-state index in [9.17, 15) is 9.59 Å². The van der Waals surface area contributed by atoms with Gasteiger partial charge in [0.15, 0.2) is 0 Å². The molecule has 0 aliphatic heterocycles. The number of carbonyl (C=O) groups excluding carboxylic acids is 2. The molecule has 0 fully saturated rings. The Labute approximate surface area is 185 Å². The molecule has 0 saturated carbocycles. The SMILES string of the molecule is CC.CC(=O)NC(C)(C)CC(C)(C)C.CC(CO)CCN(C)C(=O)c1ccccc1. The van der Waals surface area contributed by atoms with Crippen molar-refractivity contribution in [2.24, 2.45) is 11.3 Å². The lowest BCUT2D eigenvalue weighted by Gasteiger charge is -2.32. The Kier molecular flexibility index (Phi) is 15.2. The molecule has 0 radical (unpaired) electrons. The minimum absolute atomic E-state index is 0.0331. The molecule has 2 N–H and O–H groups in total. The maximum atomic E-state index is 11.9. The molecule has 0 heterocycles. The molecule has 0 spiro atoms. The number of carbonyl (C=O) groups is 2. The number of aliphatic hydroxyl groups is 1. The first kappa shape index (κ1) is 30.3. The van der Waals surface area contributed by atoms with Crippen LogP contribution < -0.4 is 5.32 Å². The molecular formula is C25H46N2O3. The fraction of sp³-hybridized carbons (Fsp3) is 0.680. The minimum atomic E-state index is -0.0932. The average molecular weight is 423 g/mol. The summed E-state index contributed by atoms with van der Waals surface area (Å²) in [5.74, 6) is 0.320. The largest absolute Gasteiger partial charge is 0.396 e. The van der Waals surface area contributed by atoms with Gasteiger partial charge in [0.2, 0.25) is 5.91 Å². The summed E-state index contributed by atoms with van der Waals surface area (Å²) in [5.41, 5.74) is 0.873. The van der Waals surface area contributed by atoms with Gasteiger partial charge in [-0.05, 0) is 50.2 Å². The molecule has 5 heteroatoms. The van der Waals surface area contributed by atoms with Crippen molar-refractivity contribution >= 4 is 11.8 Å². The van der Waals surface area contributed by atoms with E-state index in [0.29, 0.717) is 12.1 Å². The lowest BCUT2D eigenvalue weighted by Crippen LogP contribution is -2.44. The number of hydrogen-bond donors (Lipinski definition) is 2. The van der Waals surface area contributed by atoms with E-state index in [4.69, 9.17) is 5.11 Å². The van der Waals surface area contributed by atoms with Crippen molar-refractivity contribution in [1.82, 2.24) is 10.2 Å². The van der Waals surface area contributed by atoms with E-state index in [2.05, 4.69) is 39.9 Å². The topological polar surface area (TPSA) is 69.6 Å². The van der Waals surface area contributed by atoms with E-state index in [1.807, 2.05) is 51.1 Å². The van der Waals surface area contributed by atoms with Gasteiger partial charge in [-0.15, -0.1) is 0 Å². The first-order chi connectivity index (χ1) is 13.8. The maximum absolute atomic E-state index is 11.9. The van der Waals surface area contributed by atoms with Crippen LogP contribution in [0.3, 0.4) is 0 Å². The molecule has 1 aromatic carbocycles. The molecule has 2 amide bonds. The second-order valence-corrected chi connectivity index (χ2v) is 9.47. The van der Waals surface area contributed by atoms with Crippen molar-refractivity contribution < 1.29 is 14.7 Å². The molecule has 174 valence electrons. The molecule has 1 unspecified atom stereocenters. The van der Waals surface area contributed by atoms with Gasteiger partial charge in [0.05, 0.1) is 0 Å². The van der Waals surface area contributed by atoms with Crippen LogP contribution in [-0.4, -0.2) is 47.6 Å². The number of hydrogen-bond acceptors (Lipinski definition) is 3. The van der Waals surface area contributed by atoms with Gasteiger partial charge in [0, 0.05) is 38.2 Å². The van der Waals surface area contributed by atoms with Crippen molar-refractivity contribution in [1.29, 1.82) is 0 Å². The van der Waals surface area contributed by atoms with Crippen LogP contribution in [-0.2, 0) is 4.79 Å². The molecule has 1 atom stereocenters. The third kappa shape index (κ3) is 16.0. The number of aliphatic hydroxyl groups excluding tert-OH is 1. The van der Waals surface area contributed by atoms with Crippen LogP contribution in [0.15, 0.2) is 30.3 Å². The molecular weight excluding hydrogens is 376 g/mol. The van der Waals surface area contributed by atoms with Crippen molar-refractivity contribution in [2.45, 2.75) is 80.7 Å². The minimum Gasteiger partial charge on any atom is -0.396 e. The Morgan fingerprint density at radius 2 is 1.57 bits per heavy atom. The van der Waals surface area contributed by atoms with E-state index < -0.39 is 0 Å². The van der Waals surface area contributed by atoms with Gasteiger partial charge in [-0.3, -0.25) is 9.59 Å². The van der Waals surface area contributed by atoms with Crippen molar-refractivity contribution in [3.05, 3.63) is 35.9 Å². The Hall–Kier alpha value is -1.88. The molecule has 1 aromatic rings. The second kappa shape index (κ2) is 15.0. The first-order valence-electron chi connectivity index (χ1n) is 11.0.